The van der Waals surface area contributed by atoms with E-state index in [4.69, 9.17) is 0 Å². The number of halogens is 2. The number of carbonyl (C=O) groups is 1. The first kappa shape index (κ1) is 21.0. The fourth-order valence-electron chi connectivity index (χ4n) is 3.28. The molecule has 1 atom stereocenters. The van der Waals surface area contributed by atoms with Crippen LogP contribution in [0, 0.1) is 0 Å². The van der Waals surface area contributed by atoms with E-state index in [-0.39, 0.29) is 36.8 Å². The van der Waals surface area contributed by atoms with Crippen LogP contribution in [0.15, 0.2) is 42.0 Å². The molecule has 2 aliphatic rings. The van der Waals surface area contributed by atoms with Crippen molar-refractivity contribution in [1.29, 1.82) is 0 Å². The maximum Gasteiger partial charge on any atom is 0.237 e. The van der Waals surface area contributed by atoms with E-state index in [0.29, 0.717) is 6.54 Å². The lowest BCUT2D eigenvalue weighted by molar-refractivity contribution is -0.125. The highest BCUT2D eigenvalue weighted by molar-refractivity contribution is 5.85. The molecule has 1 saturated heterocycles. The van der Waals surface area contributed by atoms with Crippen molar-refractivity contribution in [2.75, 3.05) is 26.2 Å². The SMILES string of the molecule is Cl.Cl.O=C(NCC1=CCNCC1)C1CCCN1Cc1ccccc1. The predicted molar refractivity (Wildman–Crippen MR) is 103 cm³/mol. The van der Waals surface area contributed by atoms with Crippen molar-refractivity contribution < 1.29 is 4.79 Å². The van der Waals surface area contributed by atoms with E-state index in [1.165, 1.54) is 11.1 Å². The third-order valence-electron chi connectivity index (χ3n) is 4.54. The van der Waals surface area contributed by atoms with Gasteiger partial charge in [0.05, 0.1) is 6.04 Å². The number of hydrogen-bond acceptors (Lipinski definition) is 3. The maximum atomic E-state index is 12.5. The molecule has 24 heavy (non-hydrogen) atoms. The second-order valence-electron chi connectivity index (χ2n) is 6.15. The van der Waals surface area contributed by atoms with Crippen LogP contribution in [0.2, 0.25) is 0 Å². The van der Waals surface area contributed by atoms with Gasteiger partial charge in [0, 0.05) is 19.6 Å². The Kier molecular flexibility index (Phi) is 9.37. The Hall–Kier alpha value is -1.07. The van der Waals surface area contributed by atoms with Gasteiger partial charge in [-0.25, -0.2) is 0 Å². The van der Waals surface area contributed by atoms with E-state index in [2.05, 4.69) is 45.9 Å². The van der Waals surface area contributed by atoms with Gasteiger partial charge in [-0.15, -0.1) is 24.8 Å². The second kappa shape index (κ2) is 10.7. The summed E-state index contributed by atoms with van der Waals surface area (Å²) in [5, 5.41) is 6.43. The van der Waals surface area contributed by atoms with Crippen molar-refractivity contribution in [1.82, 2.24) is 15.5 Å². The summed E-state index contributed by atoms with van der Waals surface area (Å²) in [5.41, 5.74) is 2.63. The van der Waals surface area contributed by atoms with Crippen molar-refractivity contribution in [2.45, 2.75) is 31.8 Å². The van der Waals surface area contributed by atoms with Gasteiger partial charge in [-0.05, 0) is 37.9 Å². The molecule has 1 fully saturated rings. The molecule has 2 heterocycles. The summed E-state index contributed by atoms with van der Waals surface area (Å²) in [6.07, 6.45) is 5.32. The van der Waals surface area contributed by atoms with E-state index in [9.17, 15) is 4.79 Å². The Morgan fingerprint density at radius 2 is 2.04 bits per heavy atom. The van der Waals surface area contributed by atoms with Gasteiger partial charge in [0.2, 0.25) is 5.91 Å². The number of nitrogens with one attached hydrogen (secondary N) is 2. The van der Waals surface area contributed by atoms with Crippen LogP contribution in [0.3, 0.4) is 0 Å². The molecule has 2 N–H and O–H groups in total. The lowest BCUT2D eigenvalue weighted by Crippen LogP contribution is -2.43. The molecule has 0 spiro atoms. The van der Waals surface area contributed by atoms with Crippen LogP contribution in [-0.4, -0.2) is 43.0 Å². The molecular weight excluding hydrogens is 345 g/mol. The number of hydrogen-bond donors (Lipinski definition) is 2. The average molecular weight is 372 g/mol. The third-order valence-corrected chi connectivity index (χ3v) is 4.54. The summed E-state index contributed by atoms with van der Waals surface area (Å²) in [4.78, 5) is 14.8. The van der Waals surface area contributed by atoms with E-state index in [1.54, 1.807) is 0 Å². The van der Waals surface area contributed by atoms with Crippen LogP contribution in [0.25, 0.3) is 0 Å². The highest BCUT2D eigenvalue weighted by atomic mass is 35.5. The van der Waals surface area contributed by atoms with Crippen molar-refractivity contribution >= 4 is 30.7 Å². The first-order valence-corrected chi connectivity index (χ1v) is 8.27. The van der Waals surface area contributed by atoms with Crippen molar-refractivity contribution in [2.24, 2.45) is 0 Å². The molecule has 2 aliphatic heterocycles. The van der Waals surface area contributed by atoms with Crippen LogP contribution in [0.4, 0.5) is 0 Å². The summed E-state index contributed by atoms with van der Waals surface area (Å²) in [6.45, 7) is 4.53. The van der Waals surface area contributed by atoms with Gasteiger partial charge in [-0.1, -0.05) is 42.0 Å². The van der Waals surface area contributed by atoms with Gasteiger partial charge < -0.3 is 10.6 Å². The minimum absolute atomic E-state index is 0. The summed E-state index contributed by atoms with van der Waals surface area (Å²) in [5.74, 6) is 0.188. The summed E-state index contributed by atoms with van der Waals surface area (Å²) < 4.78 is 0. The molecular formula is C18H27Cl2N3O. The van der Waals surface area contributed by atoms with E-state index >= 15 is 0 Å². The minimum atomic E-state index is 0. The second-order valence-corrected chi connectivity index (χ2v) is 6.15. The molecule has 4 nitrogen and oxygen atoms in total. The Balaban J connectivity index is 0.00000144. The summed E-state index contributed by atoms with van der Waals surface area (Å²) in [7, 11) is 0. The maximum absolute atomic E-state index is 12.5. The Morgan fingerprint density at radius 1 is 1.25 bits per heavy atom. The lowest BCUT2D eigenvalue weighted by atomic mass is 10.1. The van der Waals surface area contributed by atoms with E-state index < -0.39 is 0 Å². The molecule has 0 saturated carbocycles. The van der Waals surface area contributed by atoms with Crippen LogP contribution < -0.4 is 10.6 Å². The fourth-order valence-corrected chi connectivity index (χ4v) is 3.28. The molecule has 6 heteroatoms. The quantitative estimate of drug-likeness (QED) is 0.781. The van der Waals surface area contributed by atoms with E-state index in [1.807, 2.05) is 6.07 Å². The standard InChI is InChI=1S/C18H25N3O.2ClH/c22-18(20-13-15-8-10-19-11-9-15)17-7-4-12-21(17)14-16-5-2-1-3-6-16;;/h1-3,5-6,8,17,19H,4,7,9-14H2,(H,20,22);2*1H. The molecule has 1 amide bonds. The normalized spacial score (nSPS) is 20.5. The van der Waals surface area contributed by atoms with Crippen molar-refractivity contribution in [3.8, 4) is 0 Å². The van der Waals surface area contributed by atoms with Crippen LogP contribution >= 0.6 is 24.8 Å². The zero-order chi connectivity index (χ0) is 15.2. The molecule has 0 bridgehead atoms. The van der Waals surface area contributed by atoms with Crippen molar-refractivity contribution in [3.05, 3.63) is 47.5 Å². The number of rotatable bonds is 5. The van der Waals surface area contributed by atoms with Crippen LogP contribution in [0.5, 0.6) is 0 Å². The molecule has 1 unspecified atom stereocenters. The number of nitrogens with zero attached hydrogens (tertiary/aromatic N) is 1. The smallest absolute Gasteiger partial charge is 0.237 e. The van der Waals surface area contributed by atoms with Gasteiger partial charge in [-0.2, -0.15) is 0 Å². The molecule has 134 valence electrons. The topological polar surface area (TPSA) is 44.4 Å². The zero-order valence-corrected chi connectivity index (χ0v) is 15.5. The number of benzene rings is 1. The van der Waals surface area contributed by atoms with Gasteiger partial charge >= 0.3 is 0 Å². The predicted octanol–water partition coefficient (Wildman–Crippen LogP) is 2.53. The minimum Gasteiger partial charge on any atom is -0.351 e. The van der Waals surface area contributed by atoms with Gasteiger partial charge in [0.15, 0.2) is 0 Å². The average Bonchev–Trinajstić information content (AvgIpc) is 3.03. The molecule has 1 aromatic carbocycles. The lowest BCUT2D eigenvalue weighted by Gasteiger charge is -2.24. The molecule has 3 rings (SSSR count). The molecule has 0 aromatic heterocycles. The van der Waals surface area contributed by atoms with Gasteiger partial charge in [0.25, 0.3) is 0 Å². The zero-order valence-electron chi connectivity index (χ0n) is 13.9. The highest BCUT2D eigenvalue weighted by Crippen LogP contribution is 2.20. The third kappa shape index (κ3) is 5.78. The van der Waals surface area contributed by atoms with E-state index in [0.717, 1.165) is 45.4 Å². The summed E-state index contributed by atoms with van der Waals surface area (Å²) >= 11 is 0. The largest absolute Gasteiger partial charge is 0.351 e. The first-order chi connectivity index (χ1) is 10.8. The number of likely N-dealkylation sites (tertiary alicyclic amines) is 1. The molecule has 0 radical (unpaired) electrons. The fraction of sp³-hybridized carbons (Fsp3) is 0.500. The van der Waals surface area contributed by atoms with Gasteiger partial charge in [-0.3, -0.25) is 9.69 Å². The number of carbonyl (C=O) groups excluding carboxylic acids is 1. The van der Waals surface area contributed by atoms with Gasteiger partial charge in [0.1, 0.15) is 0 Å². The Morgan fingerprint density at radius 3 is 2.75 bits per heavy atom. The van der Waals surface area contributed by atoms with Crippen molar-refractivity contribution in [3.63, 3.8) is 0 Å². The Labute approximate surface area is 156 Å². The highest BCUT2D eigenvalue weighted by Gasteiger charge is 2.30. The monoisotopic (exact) mass is 371 g/mol. The molecule has 1 aromatic rings. The summed E-state index contributed by atoms with van der Waals surface area (Å²) in [6, 6.07) is 10.4. The Bertz CT molecular complexity index is 536. The first-order valence-electron chi connectivity index (χ1n) is 8.27. The number of amides is 1. The van der Waals surface area contributed by atoms with Crippen LogP contribution in [-0.2, 0) is 11.3 Å². The van der Waals surface area contributed by atoms with Crippen LogP contribution in [0.1, 0.15) is 24.8 Å². The molecule has 0 aliphatic carbocycles.